The molecule has 0 saturated carbocycles. The van der Waals surface area contributed by atoms with Gasteiger partial charge in [-0.1, -0.05) is 12.1 Å². The van der Waals surface area contributed by atoms with Crippen molar-refractivity contribution in [1.29, 1.82) is 0 Å². The van der Waals surface area contributed by atoms with Crippen LogP contribution in [0.2, 0.25) is 0 Å². The van der Waals surface area contributed by atoms with E-state index in [1.165, 1.54) is 13.0 Å². The third-order valence-corrected chi connectivity index (χ3v) is 4.12. The summed E-state index contributed by atoms with van der Waals surface area (Å²) >= 11 is 0. The molecule has 1 aromatic heterocycles. The Labute approximate surface area is 146 Å². The minimum atomic E-state index is -0.530. The molecule has 0 bridgehead atoms. The predicted molar refractivity (Wildman–Crippen MR) is 96.4 cm³/mol. The number of unbranched alkanes of at least 4 members (excludes halogenated alkanes) is 1. The van der Waals surface area contributed by atoms with Crippen LogP contribution in [-0.4, -0.2) is 24.3 Å². The molecule has 0 saturated heterocycles. The van der Waals surface area contributed by atoms with Crippen molar-refractivity contribution < 1.29 is 14.0 Å². The summed E-state index contributed by atoms with van der Waals surface area (Å²) in [5.74, 6) is -0.104. The van der Waals surface area contributed by atoms with Gasteiger partial charge in [-0.15, -0.1) is 0 Å². The average molecular weight is 344 g/mol. The summed E-state index contributed by atoms with van der Waals surface area (Å²) < 4.78 is 5.20. The average Bonchev–Trinajstić information content (AvgIpc) is 2.53. The smallest absolute Gasteiger partial charge is 0.336 e. The molecule has 0 fully saturated rings. The molecule has 0 radical (unpaired) electrons. The van der Waals surface area contributed by atoms with Crippen LogP contribution in [0, 0.1) is 6.92 Å². The number of carbonyl (C=O) groups is 2. The third-order valence-electron chi connectivity index (χ3n) is 4.12. The fourth-order valence-electron chi connectivity index (χ4n) is 2.73. The second-order valence-electron chi connectivity index (χ2n) is 6.31. The zero-order valence-corrected chi connectivity index (χ0v) is 14.6. The van der Waals surface area contributed by atoms with E-state index in [0.717, 1.165) is 29.4 Å². The molecular formula is C19H24N2O4. The maximum Gasteiger partial charge on any atom is 0.336 e. The van der Waals surface area contributed by atoms with E-state index < -0.39 is 11.7 Å². The van der Waals surface area contributed by atoms with Crippen molar-refractivity contribution in [1.82, 2.24) is 5.32 Å². The first-order valence-electron chi connectivity index (χ1n) is 8.43. The number of fused-ring (bicyclic) bond motifs is 1. The normalized spacial score (nSPS) is 12.1. The zero-order valence-electron chi connectivity index (χ0n) is 14.6. The van der Waals surface area contributed by atoms with E-state index in [4.69, 9.17) is 10.2 Å². The van der Waals surface area contributed by atoms with Gasteiger partial charge < -0.3 is 15.5 Å². The molecular weight excluding hydrogens is 320 g/mol. The van der Waals surface area contributed by atoms with Gasteiger partial charge in [0.2, 0.25) is 5.91 Å². The molecule has 0 aliphatic rings. The lowest BCUT2D eigenvalue weighted by molar-refractivity contribution is -0.120. The molecule has 25 heavy (non-hydrogen) atoms. The van der Waals surface area contributed by atoms with Crippen molar-refractivity contribution in [2.45, 2.75) is 45.6 Å². The van der Waals surface area contributed by atoms with Crippen LogP contribution >= 0.6 is 0 Å². The second-order valence-corrected chi connectivity index (χ2v) is 6.31. The maximum atomic E-state index is 12.3. The number of amides is 1. The predicted octanol–water partition coefficient (Wildman–Crippen LogP) is 1.85. The van der Waals surface area contributed by atoms with E-state index in [1.807, 2.05) is 19.1 Å². The second kappa shape index (κ2) is 8.58. The highest BCUT2D eigenvalue weighted by molar-refractivity contribution is 5.87. The fraction of sp³-hybridized carbons (Fsp3) is 0.421. The van der Waals surface area contributed by atoms with E-state index >= 15 is 0 Å². The Morgan fingerprint density at radius 2 is 2.00 bits per heavy atom. The van der Waals surface area contributed by atoms with Crippen LogP contribution in [0.25, 0.3) is 11.0 Å². The molecule has 3 N–H and O–H groups in total. The van der Waals surface area contributed by atoms with Gasteiger partial charge in [0, 0.05) is 31.3 Å². The third kappa shape index (κ3) is 5.53. The van der Waals surface area contributed by atoms with E-state index in [2.05, 4.69) is 5.32 Å². The Balaban J connectivity index is 1.92. The molecule has 0 spiro atoms. The largest absolute Gasteiger partial charge is 0.423 e. The van der Waals surface area contributed by atoms with Crippen molar-refractivity contribution in [2.75, 3.05) is 6.54 Å². The summed E-state index contributed by atoms with van der Waals surface area (Å²) in [6.07, 6.45) is 2.36. The number of nitrogens with two attached hydrogens (primary N) is 1. The van der Waals surface area contributed by atoms with Crippen molar-refractivity contribution in [3.63, 3.8) is 0 Å². The molecule has 6 nitrogen and oxygen atoms in total. The van der Waals surface area contributed by atoms with Crippen molar-refractivity contribution in [3.8, 4) is 0 Å². The number of rotatable bonds is 8. The summed E-state index contributed by atoms with van der Waals surface area (Å²) in [6.45, 7) is 3.92. The van der Waals surface area contributed by atoms with Gasteiger partial charge in [0.1, 0.15) is 5.58 Å². The van der Waals surface area contributed by atoms with Crippen LogP contribution < -0.4 is 16.7 Å². The minimum Gasteiger partial charge on any atom is -0.423 e. The Kier molecular flexibility index (Phi) is 6.47. The molecule has 1 heterocycles. The molecule has 0 unspecified atom stereocenters. The number of aryl methyl sites for hydroxylation is 1. The van der Waals surface area contributed by atoms with E-state index in [0.29, 0.717) is 18.5 Å². The van der Waals surface area contributed by atoms with Crippen molar-refractivity contribution >= 4 is 22.7 Å². The Bertz CT molecular complexity index is 826. The van der Waals surface area contributed by atoms with E-state index in [-0.39, 0.29) is 18.1 Å². The summed E-state index contributed by atoms with van der Waals surface area (Å²) in [4.78, 5) is 34.5. The van der Waals surface area contributed by atoms with Gasteiger partial charge in [0.15, 0.2) is 5.78 Å². The zero-order chi connectivity index (χ0) is 18.4. The Hall–Kier alpha value is -2.47. The molecule has 2 aromatic rings. The van der Waals surface area contributed by atoms with Gasteiger partial charge in [-0.3, -0.25) is 9.59 Å². The molecule has 0 aliphatic carbocycles. The number of hydrogen-bond acceptors (Lipinski definition) is 5. The van der Waals surface area contributed by atoms with E-state index in [9.17, 15) is 14.4 Å². The quantitative estimate of drug-likeness (QED) is 0.562. The van der Waals surface area contributed by atoms with Gasteiger partial charge in [0.25, 0.3) is 0 Å². The molecule has 2 rings (SSSR count). The standard InChI is InChI=1S/C19H24N2O4/c1-12-9-19(24)25-18-11-14(6-7-15(12)18)10-17(23)16(20)5-3-4-8-21-13(2)22/h6-7,9,11,16H,3-5,8,10,20H2,1-2H3,(H,21,22)/t16-/m0/s1. The van der Waals surface area contributed by atoms with Crippen molar-refractivity contribution in [2.24, 2.45) is 5.73 Å². The SMILES string of the molecule is CC(=O)NCCCC[C@H](N)C(=O)Cc1ccc2c(C)cc(=O)oc2c1. The highest BCUT2D eigenvalue weighted by atomic mass is 16.4. The van der Waals surface area contributed by atoms with Gasteiger partial charge in [-0.25, -0.2) is 4.79 Å². The molecule has 1 amide bonds. The lowest BCUT2D eigenvalue weighted by Gasteiger charge is -2.11. The number of benzene rings is 1. The monoisotopic (exact) mass is 344 g/mol. The van der Waals surface area contributed by atoms with Gasteiger partial charge in [-0.05, 0) is 43.4 Å². The molecule has 134 valence electrons. The minimum absolute atomic E-state index is 0.0473. The van der Waals surface area contributed by atoms with Crippen molar-refractivity contribution in [3.05, 3.63) is 45.8 Å². The van der Waals surface area contributed by atoms with Gasteiger partial charge >= 0.3 is 5.63 Å². The number of nitrogens with one attached hydrogen (secondary N) is 1. The van der Waals surface area contributed by atoms with Crippen LogP contribution in [-0.2, 0) is 16.0 Å². The van der Waals surface area contributed by atoms with E-state index in [1.54, 1.807) is 6.07 Å². The molecule has 1 aromatic carbocycles. The maximum absolute atomic E-state index is 12.3. The molecule has 0 aliphatic heterocycles. The fourth-order valence-corrected chi connectivity index (χ4v) is 2.73. The number of carbonyl (C=O) groups excluding carboxylic acids is 2. The van der Waals surface area contributed by atoms with Crippen LogP contribution in [0.15, 0.2) is 33.5 Å². The Morgan fingerprint density at radius 3 is 2.72 bits per heavy atom. The van der Waals surface area contributed by atoms with Crippen LogP contribution in [0.3, 0.4) is 0 Å². The summed E-state index contributed by atoms with van der Waals surface area (Å²) in [5.41, 5.74) is 7.67. The van der Waals surface area contributed by atoms with Gasteiger partial charge in [0.05, 0.1) is 6.04 Å². The van der Waals surface area contributed by atoms with Crippen LogP contribution in [0.5, 0.6) is 0 Å². The first-order valence-corrected chi connectivity index (χ1v) is 8.43. The lowest BCUT2D eigenvalue weighted by Crippen LogP contribution is -2.32. The number of Topliss-reactive ketones (excluding diaryl/α,β-unsaturated/α-hetero) is 1. The topological polar surface area (TPSA) is 102 Å². The first kappa shape index (κ1) is 18.9. The highest BCUT2D eigenvalue weighted by Gasteiger charge is 2.14. The highest BCUT2D eigenvalue weighted by Crippen LogP contribution is 2.18. The summed E-state index contributed by atoms with van der Waals surface area (Å²) in [7, 11) is 0. The number of hydrogen-bond donors (Lipinski definition) is 2. The number of ketones is 1. The van der Waals surface area contributed by atoms with Crippen LogP contribution in [0.1, 0.15) is 37.3 Å². The molecule has 6 heteroatoms. The lowest BCUT2D eigenvalue weighted by atomic mass is 9.99. The van der Waals surface area contributed by atoms with Gasteiger partial charge in [-0.2, -0.15) is 0 Å². The first-order chi connectivity index (χ1) is 11.9. The summed E-state index contributed by atoms with van der Waals surface area (Å²) in [6, 6.07) is 6.36. The Morgan fingerprint density at radius 1 is 1.24 bits per heavy atom. The van der Waals surface area contributed by atoms with Crippen LogP contribution in [0.4, 0.5) is 0 Å². The summed E-state index contributed by atoms with van der Waals surface area (Å²) in [5, 5.41) is 3.57. The molecule has 1 atom stereocenters.